The van der Waals surface area contributed by atoms with Crippen molar-refractivity contribution in [3.63, 3.8) is 0 Å². The third kappa shape index (κ3) is 73.8. The Balaban J connectivity index is -0.0000000267. The van der Waals surface area contributed by atoms with Crippen LogP contribution in [0.4, 0.5) is 0 Å². The molecule has 48 valence electrons. The molecule has 8 heteroatoms. The van der Waals surface area contributed by atoms with Crippen LogP contribution in [0.25, 0.3) is 0 Å². The van der Waals surface area contributed by atoms with Crippen LogP contribution in [0, 0.1) is 0 Å². The van der Waals surface area contributed by atoms with Crippen LogP contribution in [-0.2, 0) is 4.57 Å². The first-order valence-electron chi connectivity index (χ1n) is 0.783. The first-order chi connectivity index (χ1) is 2.00. The van der Waals surface area contributed by atoms with E-state index in [4.69, 9.17) is 19.2 Å². The van der Waals surface area contributed by atoms with Crippen LogP contribution in [-0.4, -0.2) is 95.6 Å². The molecule has 5 N–H and O–H groups in total. The summed E-state index contributed by atoms with van der Waals surface area (Å²) < 4.78 is 8.88. The Bertz CT molecular complexity index is 56.6. The van der Waals surface area contributed by atoms with Crippen LogP contribution in [0.5, 0.6) is 0 Å². The van der Waals surface area contributed by atoms with Gasteiger partial charge in [0.25, 0.3) is 0 Å². The molecule has 5 nitrogen and oxygen atoms in total. The van der Waals surface area contributed by atoms with E-state index >= 15 is 0 Å². The van der Waals surface area contributed by atoms with Crippen molar-refractivity contribution in [2.24, 2.45) is 0 Å². The Morgan fingerprint density at radius 1 is 1.00 bits per heavy atom. The molecule has 0 bridgehead atoms. The Kier molecular flexibility index (Phi) is 26.9. The molecule has 0 saturated carbocycles. The van der Waals surface area contributed by atoms with E-state index in [1.807, 2.05) is 0 Å². The minimum atomic E-state index is -4.64. The fraction of sp³-hybridized carbons (Fsp3) is 0. The van der Waals surface area contributed by atoms with Gasteiger partial charge in [-0.25, -0.2) is 4.57 Å². The van der Waals surface area contributed by atoms with Crippen molar-refractivity contribution in [2.45, 2.75) is 0 Å². The fourth-order valence-electron chi connectivity index (χ4n) is 0. The molecule has 0 amide bonds. The molecule has 0 heterocycles. The Morgan fingerprint density at radius 3 is 1.00 bits per heavy atom. The predicted molar refractivity (Wildman–Crippen MR) is 35.0 cm³/mol. The molecule has 0 aliphatic carbocycles. The summed E-state index contributed by atoms with van der Waals surface area (Å²) in [5.41, 5.74) is 0. The van der Waals surface area contributed by atoms with Crippen LogP contribution >= 0.6 is 7.82 Å². The van der Waals surface area contributed by atoms with Crippen LogP contribution in [0.2, 0.25) is 0 Å². The summed E-state index contributed by atoms with van der Waals surface area (Å²) >= 11 is 0. The molecule has 0 saturated heterocycles. The monoisotopic (exact) mass is 200 g/mol. The Hall–Kier alpha value is 2.59. The van der Waals surface area contributed by atoms with Gasteiger partial charge >= 0.3 is 83.3 Å². The van der Waals surface area contributed by atoms with Crippen molar-refractivity contribution >= 4 is 83.3 Å². The molecule has 0 radical (unpaired) electrons. The average molecular weight is 200 g/mol. The summed E-state index contributed by atoms with van der Waals surface area (Å²) in [5.74, 6) is 0. The van der Waals surface area contributed by atoms with Gasteiger partial charge in [0.15, 0.2) is 0 Å². The molecular formula is H9Ca2O5P. The zero-order valence-electron chi connectivity index (χ0n) is 2.70. The van der Waals surface area contributed by atoms with Gasteiger partial charge in [0.05, 0.1) is 0 Å². The van der Waals surface area contributed by atoms with Crippen molar-refractivity contribution < 1.29 is 24.7 Å². The van der Waals surface area contributed by atoms with Crippen molar-refractivity contribution in [1.29, 1.82) is 0 Å². The van der Waals surface area contributed by atoms with E-state index in [9.17, 15) is 0 Å². The van der Waals surface area contributed by atoms with Gasteiger partial charge < -0.3 is 20.2 Å². The first-order valence-corrected chi connectivity index (χ1v) is 2.35. The molecule has 8 heavy (non-hydrogen) atoms. The van der Waals surface area contributed by atoms with Gasteiger partial charge in [0, 0.05) is 0 Å². The zero-order valence-corrected chi connectivity index (χ0v) is 3.59. The fourth-order valence-corrected chi connectivity index (χ4v) is 0. The van der Waals surface area contributed by atoms with Crippen molar-refractivity contribution in [2.75, 3.05) is 0 Å². The van der Waals surface area contributed by atoms with E-state index in [1.54, 1.807) is 0 Å². The minimum absolute atomic E-state index is 0. The summed E-state index contributed by atoms with van der Waals surface area (Å²) in [5, 5.41) is 0. The second kappa shape index (κ2) is 9.59. The molecule has 0 aliphatic heterocycles. The molecule has 0 spiro atoms. The standard InChI is InChI=1S/2Ca.H3O4P.H2O.4H/c;;1-5(2,3)4;;;;;/h;;(H3,1,2,3,4);1H2;;;;. The quantitative estimate of drug-likeness (QED) is 0.277. The van der Waals surface area contributed by atoms with Gasteiger partial charge in [-0.15, -0.1) is 0 Å². The number of hydrogen-bond acceptors (Lipinski definition) is 1. The van der Waals surface area contributed by atoms with Crippen LogP contribution in [0.15, 0.2) is 0 Å². The third-order valence-corrected chi connectivity index (χ3v) is 0. The average Bonchev–Trinajstić information content (AvgIpc) is 0.722. The molecule has 0 rings (SSSR count). The molecule has 0 fully saturated rings. The third-order valence-electron chi connectivity index (χ3n) is 0. The summed E-state index contributed by atoms with van der Waals surface area (Å²) in [4.78, 5) is 21.6. The molecular weight excluding hydrogens is 191 g/mol. The van der Waals surface area contributed by atoms with Gasteiger partial charge in [0.1, 0.15) is 0 Å². The van der Waals surface area contributed by atoms with Gasteiger partial charge in [-0.1, -0.05) is 0 Å². The van der Waals surface area contributed by atoms with E-state index in [1.165, 1.54) is 0 Å². The topological polar surface area (TPSA) is 109 Å². The normalized spacial score (nSPS) is 7.38. The van der Waals surface area contributed by atoms with Crippen molar-refractivity contribution in [3.05, 3.63) is 0 Å². The van der Waals surface area contributed by atoms with E-state index in [2.05, 4.69) is 0 Å². The summed E-state index contributed by atoms with van der Waals surface area (Å²) in [7, 11) is -4.64. The predicted octanol–water partition coefficient (Wildman–Crippen LogP) is -3.59. The molecule has 0 unspecified atom stereocenters. The second-order valence-corrected chi connectivity index (χ2v) is 1.54. The zero-order chi connectivity index (χ0) is 4.50. The maximum absolute atomic E-state index is 8.88. The van der Waals surface area contributed by atoms with Gasteiger partial charge in [-0.3, -0.25) is 0 Å². The maximum atomic E-state index is 8.88. The van der Waals surface area contributed by atoms with Crippen LogP contribution in [0.3, 0.4) is 0 Å². The molecule has 0 aromatic heterocycles. The van der Waals surface area contributed by atoms with Gasteiger partial charge in [0.2, 0.25) is 0 Å². The second-order valence-electron chi connectivity index (χ2n) is 0.513. The van der Waals surface area contributed by atoms with E-state index < -0.39 is 7.82 Å². The van der Waals surface area contributed by atoms with Crippen LogP contribution < -0.4 is 0 Å². The van der Waals surface area contributed by atoms with E-state index in [-0.39, 0.29) is 81.0 Å². The van der Waals surface area contributed by atoms with Gasteiger partial charge in [-0.2, -0.15) is 0 Å². The summed E-state index contributed by atoms with van der Waals surface area (Å²) in [6.45, 7) is 0. The molecule has 0 aliphatic rings. The number of phosphoric acid groups is 1. The first kappa shape index (κ1) is 22.4. The Labute approximate surface area is 106 Å². The molecule has 0 aromatic rings. The summed E-state index contributed by atoms with van der Waals surface area (Å²) in [6, 6.07) is 0. The van der Waals surface area contributed by atoms with Crippen molar-refractivity contribution in [3.8, 4) is 0 Å². The van der Waals surface area contributed by atoms with E-state index in [0.717, 1.165) is 0 Å². The van der Waals surface area contributed by atoms with Gasteiger partial charge in [-0.05, 0) is 0 Å². The molecule has 0 atom stereocenters. The van der Waals surface area contributed by atoms with Crippen molar-refractivity contribution in [1.82, 2.24) is 0 Å². The Morgan fingerprint density at radius 2 is 1.00 bits per heavy atom. The van der Waals surface area contributed by atoms with Crippen LogP contribution in [0.1, 0.15) is 0 Å². The molecule has 0 aromatic carbocycles. The SMILES string of the molecule is O.O=P(O)(O)O.[CaH2].[CaH2]. The van der Waals surface area contributed by atoms with E-state index in [0.29, 0.717) is 0 Å². The number of rotatable bonds is 0. The summed E-state index contributed by atoms with van der Waals surface area (Å²) in [6.07, 6.45) is 0. The number of hydrogen-bond donors (Lipinski definition) is 3.